The third kappa shape index (κ3) is 1.48. The van der Waals surface area contributed by atoms with Crippen LogP contribution >= 0.6 is 11.8 Å². The van der Waals surface area contributed by atoms with Crippen molar-refractivity contribution in [2.24, 2.45) is 11.3 Å². The Hall–Kier alpha value is -0.310. The van der Waals surface area contributed by atoms with Crippen LogP contribution in [0.1, 0.15) is 26.7 Å². The van der Waals surface area contributed by atoms with Gasteiger partial charge in [-0.2, -0.15) is 0 Å². The summed E-state index contributed by atoms with van der Waals surface area (Å²) < 4.78 is 0. The predicted octanol–water partition coefficient (Wildman–Crippen LogP) is 2.74. The van der Waals surface area contributed by atoms with E-state index in [0.717, 1.165) is 12.8 Å². The predicted molar refractivity (Wildman–Crippen MR) is 50.6 cm³/mol. The molecule has 1 saturated carbocycles. The summed E-state index contributed by atoms with van der Waals surface area (Å²) in [6.07, 6.45) is 2.29. The summed E-state index contributed by atoms with van der Waals surface area (Å²) >= 11 is 1.25. The molecule has 0 saturated heterocycles. The number of rotatable bonds is 3. The minimum atomic E-state index is 0.155. The fraction of sp³-hybridized carbons (Fsp3) is 0.750. The lowest BCUT2D eigenvalue weighted by Gasteiger charge is -2.18. The number of nitrogens with one attached hydrogen (secondary N) is 2. The molecule has 0 aliphatic heterocycles. The largest absolute Gasteiger partial charge is 0.301 e. The molecule has 0 spiro atoms. The molecule has 0 heterocycles. The van der Waals surface area contributed by atoms with Crippen molar-refractivity contribution >= 4 is 22.4 Å². The molecule has 2 nitrogen and oxygen atoms in total. The lowest BCUT2D eigenvalue weighted by molar-refractivity contribution is 0.482. The summed E-state index contributed by atoms with van der Waals surface area (Å²) in [5.41, 5.74) is 1.41. The van der Waals surface area contributed by atoms with Gasteiger partial charge in [-0.1, -0.05) is 25.6 Å². The van der Waals surface area contributed by atoms with E-state index >= 15 is 0 Å². The average molecular weight is 170 g/mol. The van der Waals surface area contributed by atoms with Crippen LogP contribution < -0.4 is 0 Å². The first-order valence-corrected chi connectivity index (χ1v) is 4.76. The summed E-state index contributed by atoms with van der Waals surface area (Å²) in [5.74, 6) is 0.558. The molecule has 1 aliphatic rings. The Balaban J connectivity index is 2.58. The third-order valence-electron chi connectivity index (χ3n) is 2.52. The molecular weight excluding hydrogens is 156 g/mol. The summed E-state index contributed by atoms with van der Waals surface area (Å²) in [5, 5.41) is 15.3. The Labute approximate surface area is 71.8 Å². The summed E-state index contributed by atoms with van der Waals surface area (Å²) in [4.78, 5) is 0. The van der Waals surface area contributed by atoms with Crippen LogP contribution in [-0.2, 0) is 0 Å². The van der Waals surface area contributed by atoms with E-state index in [1.54, 1.807) is 0 Å². The molecule has 2 N–H and O–H groups in total. The fourth-order valence-electron chi connectivity index (χ4n) is 1.38. The van der Waals surface area contributed by atoms with Crippen molar-refractivity contribution in [2.45, 2.75) is 26.7 Å². The minimum absolute atomic E-state index is 0.155. The Morgan fingerprint density at radius 1 is 1.55 bits per heavy atom. The second kappa shape index (κ2) is 2.97. The molecule has 0 aromatic heterocycles. The van der Waals surface area contributed by atoms with Gasteiger partial charge in [-0.25, -0.2) is 0 Å². The second-order valence-electron chi connectivity index (χ2n) is 3.38. The first-order valence-electron chi connectivity index (χ1n) is 3.88. The molecule has 0 unspecified atom stereocenters. The van der Waals surface area contributed by atoms with Crippen LogP contribution in [0.4, 0.5) is 0 Å². The van der Waals surface area contributed by atoms with E-state index in [2.05, 4.69) is 13.8 Å². The van der Waals surface area contributed by atoms with Gasteiger partial charge in [0.15, 0.2) is 0 Å². The van der Waals surface area contributed by atoms with Crippen molar-refractivity contribution in [2.75, 3.05) is 0 Å². The van der Waals surface area contributed by atoms with Crippen molar-refractivity contribution < 1.29 is 0 Å². The zero-order valence-corrected chi connectivity index (χ0v) is 7.79. The van der Waals surface area contributed by atoms with Gasteiger partial charge in [0.05, 0.1) is 10.6 Å². The van der Waals surface area contributed by atoms with Crippen molar-refractivity contribution in [1.82, 2.24) is 0 Å². The van der Waals surface area contributed by atoms with E-state index in [1.807, 2.05) is 0 Å². The lowest BCUT2D eigenvalue weighted by atomic mass is 9.94. The van der Waals surface area contributed by atoms with Gasteiger partial charge >= 0.3 is 0 Å². The number of hydrogen-bond donors (Lipinski definition) is 2. The lowest BCUT2D eigenvalue weighted by Crippen LogP contribution is -2.18. The van der Waals surface area contributed by atoms with Crippen LogP contribution in [0.5, 0.6) is 0 Å². The molecular formula is C8H14N2S. The first kappa shape index (κ1) is 8.78. The molecule has 0 atom stereocenters. The van der Waals surface area contributed by atoms with Gasteiger partial charge in [-0.05, 0) is 18.8 Å². The highest BCUT2D eigenvalue weighted by Gasteiger charge is 2.49. The molecule has 0 amide bonds. The van der Waals surface area contributed by atoms with Gasteiger partial charge in [0.2, 0.25) is 0 Å². The molecule has 1 aliphatic carbocycles. The molecule has 0 radical (unpaired) electrons. The normalized spacial score (nSPS) is 19.9. The highest BCUT2D eigenvalue weighted by molar-refractivity contribution is 8.24. The van der Waals surface area contributed by atoms with Gasteiger partial charge in [0.25, 0.3) is 0 Å². The van der Waals surface area contributed by atoms with Gasteiger partial charge in [0, 0.05) is 5.41 Å². The van der Waals surface area contributed by atoms with E-state index < -0.39 is 0 Å². The smallest absolute Gasteiger partial charge is 0.0762 e. The fourth-order valence-corrected chi connectivity index (χ4v) is 2.17. The first-order chi connectivity index (χ1) is 5.13. The minimum Gasteiger partial charge on any atom is -0.301 e. The summed E-state index contributed by atoms with van der Waals surface area (Å²) in [6.45, 7) is 4.32. The zero-order valence-electron chi connectivity index (χ0n) is 6.98. The molecule has 3 heteroatoms. The van der Waals surface area contributed by atoms with E-state index in [4.69, 9.17) is 10.8 Å². The van der Waals surface area contributed by atoms with E-state index in [1.165, 1.54) is 17.3 Å². The maximum absolute atomic E-state index is 7.70. The molecule has 11 heavy (non-hydrogen) atoms. The monoisotopic (exact) mass is 170 g/mol. The van der Waals surface area contributed by atoms with Crippen molar-refractivity contribution in [3.8, 4) is 0 Å². The van der Waals surface area contributed by atoms with Crippen LogP contribution in [0.3, 0.4) is 0 Å². The Morgan fingerprint density at radius 2 is 2.09 bits per heavy atom. The molecule has 0 aromatic rings. The zero-order chi connectivity index (χ0) is 8.48. The third-order valence-corrected chi connectivity index (χ3v) is 3.28. The van der Waals surface area contributed by atoms with Crippen LogP contribution in [0.25, 0.3) is 0 Å². The Morgan fingerprint density at radius 3 is 2.36 bits per heavy atom. The maximum atomic E-state index is 7.70. The van der Waals surface area contributed by atoms with Crippen molar-refractivity contribution in [3.05, 3.63) is 0 Å². The van der Waals surface area contributed by atoms with Gasteiger partial charge in [0.1, 0.15) is 0 Å². The maximum Gasteiger partial charge on any atom is 0.0762 e. The summed E-state index contributed by atoms with van der Waals surface area (Å²) in [6, 6.07) is 0. The van der Waals surface area contributed by atoms with Gasteiger partial charge in [-0.15, -0.1) is 0 Å². The highest BCUT2D eigenvalue weighted by atomic mass is 32.2. The van der Waals surface area contributed by atoms with Crippen LogP contribution in [0, 0.1) is 22.2 Å². The summed E-state index contributed by atoms with van der Waals surface area (Å²) in [7, 11) is 0. The number of thioether (sulfide) groups is 1. The molecule has 0 aromatic carbocycles. The molecule has 62 valence electrons. The molecule has 1 rings (SSSR count). The van der Waals surface area contributed by atoms with Crippen molar-refractivity contribution in [1.29, 1.82) is 10.8 Å². The van der Waals surface area contributed by atoms with Crippen LogP contribution in [0.15, 0.2) is 0 Å². The topological polar surface area (TPSA) is 47.7 Å². The van der Waals surface area contributed by atoms with E-state index in [9.17, 15) is 0 Å². The van der Waals surface area contributed by atoms with Crippen LogP contribution in [-0.4, -0.2) is 10.6 Å². The van der Waals surface area contributed by atoms with E-state index in [0.29, 0.717) is 11.0 Å². The molecule has 0 bridgehead atoms. The number of hydrogen-bond acceptors (Lipinski definition) is 3. The average Bonchev–Trinajstić information content (AvgIpc) is 2.66. The molecule has 1 fully saturated rings. The van der Waals surface area contributed by atoms with E-state index in [-0.39, 0.29) is 5.41 Å². The SMILES string of the molecule is CC(C)C1(C(=N)SC=N)CC1. The standard InChI is InChI=1S/C8H14N2S/c1-6(2)8(3-4-8)7(10)11-5-9/h5-6,9-10H,3-4H2,1-2H3. The quantitative estimate of drug-likeness (QED) is 0.496. The Bertz CT molecular complexity index is 183. The van der Waals surface area contributed by atoms with Gasteiger partial charge in [-0.3, -0.25) is 5.41 Å². The Kier molecular flexibility index (Phi) is 2.37. The van der Waals surface area contributed by atoms with Gasteiger partial charge < -0.3 is 5.41 Å². The van der Waals surface area contributed by atoms with Crippen LogP contribution in [0.2, 0.25) is 0 Å². The second-order valence-corrected chi connectivity index (χ2v) is 4.26. The van der Waals surface area contributed by atoms with Crippen molar-refractivity contribution in [3.63, 3.8) is 0 Å². The highest BCUT2D eigenvalue weighted by Crippen LogP contribution is 2.54.